The molecule has 2 aliphatic rings. The smallest absolute Gasteiger partial charge is 0.243 e. The van der Waals surface area contributed by atoms with E-state index in [1.165, 1.54) is 7.11 Å². The van der Waals surface area contributed by atoms with Crippen molar-refractivity contribution in [3.05, 3.63) is 42.7 Å². The van der Waals surface area contributed by atoms with Crippen LogP contribution in [0.5, 0.6) is 11.5 Å². The summed E-state index contributed by atoms with van der Waals surface area (Å²) < 4.78 is 32.9. The lowest BCUT2D eigenvalue weighted by Crippen LogP contribution is -2.51. The molecule has 0 bridgehead atoms. The molecule has 0 aliphatic carbocycles. The van der Waals surface area contributed by atoms with Gasteiger partial charge in [0, 0.05) is 29.7 Å². The fourth-order valence-corrected chi connectivity index (χ4v) is 7.62. The molecule has 0 spiro atoms. The van der Waals surface area contributed by atoms with Crippen molar-refractivity contribution in [3.63, 3.8) is 0 Å². The van der Waals surface area contributed by atoms with Crippen LogP contribution in [0.1, 0.15) is 19.8 Å². The van der Waals surface area contributed by atoms with Gasteiger partial charge in [-0.15, -0.1) is 0 Å². The topological polar surface area (TPSA) is 128 Å². The molecule has 2 aromatic carbocycles. The van der Waals surface area contributed by atoms with E-state index in [4.69, 9.17) is 17.0 Å². The van der Waals surface area contributed by atoms with Crippen molar-refractivity contribution in [2.75, 3.05) is 50.1 Å². The number of phenolic OH excluding ortho intramolecular Hbond substituents is 1. The van der Waals surface area contributed by atoms with Gasteiger partial charge in [-0.1, -0.05) is 4.98 Å². The lowest BCUT2D eigenvalue weighted by molar-refractivity contribution is -0.367. The summed E-state index contributed by atoms with van der Waals surface area (Å²) in [5.41, 5.74) is 2.25. The van der Waals surface area contributed by atoms with Crippen LogP contribution in [0.15, 0.2) is 47.6 Å². The number of rotatable bonds is 5. The Morgan fingerprint density at radius 3 is 2.60 bits per heavy atom. The third kappa shape index (κ3) is 4.67. The van der Waals surface area contributed by atoms with Gasteiger partial charge in [0.25, 0.3) is 0 Å². The highest BCUT2D eigenvalue weighted by Crippen LogP contribution is 2.37. The summed E-state index contributed by atoms with van der Waals surface area (Å²) in [7, 11) is -1.96. The first-order valence-corrected chi connectivity index (χ1v) is 15.1. The van der Waals surface area contributed by atoms with Gasteiger partial charge in [-0.25, -0.2) is 13.4 Å². The van der Waals surface area contributed by atoms with E-state index in [0.717, 1.165) is 59.4 Å². The van der Waals surface area contributed by atoms with Crippen LogP contribution in [-0.2, 0) is 10.0 Å². The summed E-state index contributed by atoms with van der Waals surface area (Å²) in [4.78, 5) is 15.7. The first-order chi connectivity index (χ1) is 19.3. The summed E-state index contributed by atoms with van der Waals surface area (Å²) in [6.45, 7) is 5.39. The van der Waals surface area contributed by atoms with Crippen LogP contribution in [0.4, 0.5) is 11.5 Å². The van der Waals surface area contributed by atoms with E-state index in [0.29, 0.717) is 35.4 Å². The van der Waals surface area contributed by atoms with Crippen molar-refractivity contribution in [2.45, 2.75) is 30.7 Å². The highest BCUT2D eigenvalue weighted by molar-refractivity contribution is 7.89. The van der Waals surface area contributed by atoms with Crippen LogP contribution in [0.2, 0.25) is 0 Å². The monoisotopic (exact) mass is 582 g/mol. The van der Waals surface area contributed by atoms with Gasteiger partial charge in [0.1, 0.15) is 5.39 Å². The summed E-state index contributed by atoms with van der Waals surface area (Å²) in [5.74, 6) is 1.41. The minimum Gasteiger partial charge on any atom is -0.504 e. The van der Waals surface area contributed by atoms with Crippen molar-refractivity contribution in [2.24, 2.45) is 0 Å². The van der Waals surface area contributed by atoms with Gasteiger partial charge in [-0.05, 0) is 62.3 Å². The molecule has 2 aliphatic heterocycles. The number of thiocarbonyl (C=S) groups is 1. The molecule has 0 amide bonds. The highest BCUT2D eigenvalue weighted by Gasteiger charge is 2.32. The first-order valence-electron chi connectivity index (χ1n) is 13.3. The number of nitrogens with one attached hydrogen (secondary N) is 3. The number of ether oxygens (including phenoxy) is 1. The first kappa shape index (κ1) is 26.5. The molecule has 1 atom stereocenters. The minimum absolute atomic E-state index is 0.0297. The Labute approximate surface area is 237 Å². The third-order valence-electron chi connectivity index (χ3n) is 7.80. The lowest BCUT2D eigenvalue weighted by atomic mass is 10.1. The second-order valence-electron chi connectivity index (χ2n) is 10.2. The number of hydrogen-bond donors (Lipinski definition) is 3. The Morgan fingerprint density at radius 2 is 1.93 bits per heavy atom. The van der Waals surface area contributed by atoms with E-state index in [1.54, 1.807) is 41.0 Å². The van der Waals surface area contributed by atoms with Crippen LogP contribution in [0.3, 0.4) is 0 Å². The zero-order chi connectivity index (χ0) is 28.0. The number of H-pyrrole nitrogens is 2. The largest absolute Gasteiger partial charge is 0.504 e. The zero-order valence-corrected chi connectivity index (χ0v) is 24.0. The van der Waals surface area contributed by atoms with Gasteiger partial charge in [0.05, 0.1) is 43.7 Å². The average Bonchev–Trinajstić information content (AvgIpc) is 3.56. The fourth-order valence-electron chi connectivity index (χ4n) is 5.62. The Balaban J connectivity index is 1.13. The summed E-state index contributed by atoms with van der Waals surface area (Å²) >= 11 is 5.70. The number of aromatic amines is 2. The van der Waals surface area contributed by atoms with E-state index < -0.39 is 10.0 Å². The lowest BCUT2D eigenvalue weighted by Gasteiger charge is -2.34. The fraction of sp³-hybridized carbons (Fsp3) is 0.370. The molecule has 4 aromatic rings. The van der Waals surface area contributed by atoms with Crippen molar-refractivity contribution < 1.29 is 23.2 Å². The second kappa shape index (κ2) is 10.4. The molecule has 2 saturated heterocycles. The number of benzene rings is 2. The number of hydrogen-bond acceptors (Lipinski definition) is 7. The number of sulfonamides is 1. The molecule has 1 unspecified atom stereocenters. The van der Waals surface area contributed by atoms with Gasteiger partial charge in [-0.2, -0.15) is 4.31 Å². The second-order valence-corrected chi connectivity index (χ2v) is 12.5. The van der Waals surface area contributed by atoms with E-state index >= 15 is 0 Å². The Bertz CT molecular complexity index is 1680. The molecule has 40 heavy (non-hydrogen) atoms. The normalized spacial score (nSPS) is 18.5. The molecular formula is C27H32N7O4S2+. The molecule has 210 valence electrons. The molecule has 13 heteroatoms. The molecule has 11 nitrogen and oxygen atoms in total. The average molecular weight is 583 g/mol. The molecule has 2 fully saturated rings. The molecular weight excluding hydrogens is 550 g/mol. The van der Waals surface area contributed by atoms with Crippen molar-refractivity contribution in [3.8, 4) is 11.5 Å². The predicted octanol–water partition coefficient (Wildman–Crippen LogP) is 2.94. The standard InChI is InChI=1S/C27H31N7O4S2/c1-17-4-3-9-34(17)40(36,37)19-7-5-18(6-8-19)30-27(39)33-12-10-32(11-13-33)26-24-20-14-23(38-2)22(35)15-21(20)31-25(24)28-16-29-26/h5-8,14-17,35H,3-4,9-13H2,1-2H3,(H,30,39)(H,28,29,31)/p+1. The summed E-state index contributed by atoms with van der Waals surface area (Å²) in [6, 6.07) is 10.3. The number of piperazine rings is 1. The van der Waals surface area contributed by atoms with Crippen molar-refractivity contribution >= 4 is 60.8 Å². The van der Waals surface area contributed by atoms with E-state index in [2.05, 4.69) is 30.1 Å². The molecule has 0 radical (unpaired) electrons. The van der Waals surface area contributed by atoms with E-state index in [1.807, 2.05) is 13.0 Å². The maximum absolute atomic E-state index is 13.0. The van der Waals surface area contributed by atoms with E-state index in [-0.39, 0.29) is 11.8 Å². The van der Waals surface area contributed by atoms with Gasteiger partial charge in [-0.3, -0.25) is 4.90 Å². The Kier molecular flexibility index (Phi) is 6.88. The van der Waals surface area contributed by atoms with Crippen LogP contribution in [0, 0.1) is 0 Å². The third-order valence-corrected chi connectivity index (χ3v) is 10.2. The predicted molar refractivity (Wildman–Crippen MR) is 157 cm³/mol. The number of aromatic nitrogens is 3. The SMILES string of the molecule is COc1cc2c(cc1O)[nH]c1nc[nH+]c(N3CCN(C(=S)Nc4ccc(S(=O)(=O)N5CCCC5C)cc4)CC3)c12. The number of anilines is 2. The van der Waals surface area contributed by atoms with Gasteiger partial charge in [0.2, 0.25) is 27.8 Å². The quantitative estimate of drug-likeness (QED) is 0.304. The van der Waals surface area contributed by atoms with Crippen LogP contribution < -0.4 is 19.9 Å². The Hall–Kier alpha value is -3.68. The highest BCUT2D eigenvalue weighted by atomic mass is 32.2. The number of aromatic hydroxyl groups is 1. The zero-order valence-electron chi connectivity index (χ0n) is 22.3. The van der Waals surface area contributed by atoms with Gasteiger partial charge < -0.3 is 25.0 Å². The Morgan fingerprint density at radius 1 is 1.18 bits per heavy atom. The minimum atomic E-state index is -3.49. The van der Waals surface area contributed by atoms with Crippen LogP contribution >= 0.6 is 12.2 Å². The molecule has 0 saturated carbocycles. The number of methoxy groups -OCH3 is 1. The molecule has 6 rings (SSSR count). The maximum Gasteiger partial charge on any atom is 0.243 e. The number of nitrogens with zero attached hydrogens (tertiary/aromatic N) is 4. The van der Waals surface area contributed by atoms with E-state index in [9.17, 15) is 13.5 Å². The summed E-state index contributed by atoms with van der Waals surface area (Å²) in [6.07, 6.45) is 3.45. The number of fused-ring (bicyclic) bond motifs is 3. The number of phenols is 1. The molecule has 2 aromatic heterocycles. The molecule has 4 N–H and O–H groups in total. The van der Waals surface area contributed by atoms with Gasteiger partial charge in [0.15, 0.2) is 16.6 Å². The maximum atomic E-state index is 13.0. The van der Waals surface area contributed by atoms with Crippen LogP contribution in [0.25, 0.3) is 21.9 Å². The van der Waals surface area contributed by atoms with Crippen molar-refractivity contribution in [1.82, 2.24) is 19.2 Å². The molecule has 4 heterocycles. The van der Waals surface area contributed by atoms with Crippen LogP contribution in [-0.4, -0.2) is 83.7 Å². The van der Waals surface area contributed by atoms with Crippen molar-refractivity contribution in [1.29, 1.82) is 0 Å². The van der Waals surface area contributed by atoms with Gasteiger partial charge >= 0.3 is 0 Å². The summed E-state index contributed by atoms with van der Waals surface area (Å²) in [5, 5.41) is 15.9.